The first-order chi connectivity index (χ1) is 14.8. The maximum Gasteiger partial charge on any atom is 0.224 e. The number of aryl methyl sites for hydroxylation is 6. The second-order valence-corrected chi connectivity index (χ2v) is 8.81. The summed E-state index contributed by atoms with van der Waals surface area (Å²) in [5.74, 6) is 0. The largest absolute Gasteiger partial charge is 0.305 e. The molecule has 4 rings (SSSR count). The van der Waals surface area contributed by atoms with Crippen LogP contribution in [0.3, 0.4) is 0 Å². The van der Waals surface area contributed by atoms with Gasteiger partial charge in [-0.3, -0.25) is 0 Å². The molecule has 0 saturated carbocycles. The molecular weight excluding hydrogens is 565 g/mol. The van der Waals surface area contributed by atoms with Gasteiger partial charge in [0, 0.05) is 26.3 Å². The van der Waals surface area contributed by atoms with E-state index in [0.717, 1.165) is 11.3 Å². The zero-order valence-corrected chi connectivity index (χ0v) is 22.1. The van der Waals surface area contributed by atoms with Crippen molar-refractivity contribution in [2.45, 2.75) is 41.5 Å². The maximum absolute atomic E-state index is 4.56. The first-order valence-corrected chi connectivity index (χ1v) is 10.9. The standard InChI is InChI=1S/C29H29BN.Ir/c1-19-14-21(3)28(22(4)15-19)30(29-23(5)16-20(2)17-24(29)6)26-11-9-10-25(18-26)27-12-7-8-13-31-27;/h7-9,11-18H,1-6H3;/q-1;. The van der Waals surface area contributed by atoms with Gasteiger partial charge in [0.25, 0.3) is 0 Å². The van der Waals surface area contributed by atoms with E-state index < -0.39 is 0 Å². The fourth-order valence-electron chi connectivity index (χ4n) is 5.10. The van der Waals surface area contributed by atoms with Gasteiger partial charge in [0.2, 0.25) is 6.71 Å². The Balaban J connectivity index is 0.00000289. The van der Waals surface area contributed by atoms with Crippen molar-refractivity contribution in [1.82, 2.24) is 4.98 Å². The van der Waals surface area contributed by atoms with Crippen LogP contribution < -0.4 is 16.4 Å². The Morgan fingerprint density at radius 2 is 1.22 bits per heavy atom. The molecule has 1 radical (unpaired) electrons. The number of benzene rings is 3. The van der Waals surface area contributed by atoms with Gasteiger partial charge in [0.05, 0.1) is 0 Å². The predicted molar refractivity (Wildman–Crippen MR) is 134 cm³/mol. The number of hydrogen-bond donors (Lipinski definition) is 0. The summed E-state index contributed by atoms with van der Waals surface area (Å²) in [5.41, 5.74) is 14.1. The molecule has 0 unspecified atom stereocenters. The molecule has 0 aliphatic rings. The van der Waals surface area contributed by atoms with Crippen molar-refractivity contribution in [3.05, 3.63) is 106 Å². The van der Waals surface area contributed by atoms with Crippen LogP contribution in [-0.4, -0.2) is 11.7 Å². The average molecular weight is 595 g/mol. The summed E-state index contributed by atoms with van der Waals surface area (Å²) >= 11 is 0. The molecule has 0 spiro atoms. The SMILES string of the molecule is Cc1cc(C)c(B(c2cc[c-]c(-c3ccccn3)c2)c2c(C)cc(C)cc2C)c(C)c1.[Ir]. The van der Waals surface area contributed by atoms with Crippen LogP contribution in [0.5, 0.6) is 0 Å². The summed E-state index contributed by atoms with van der Waals surface area (Å²) < 4.78 is 0. The number of hydrogen-bond acceptors (Lipinski definition) is 1. The van der Waals surface area contributed by atoms with E-state index in [1.807, 2.05) is 24.4 Å². The topological polar surface area (TPSA) is 12.9 Å². The quantitative estimate of drug-likeness (QED) is 0.242. The van der Waals surface area contributed by atoms with E-state index in [0.29, 0.717) is 0 Å². The smallest absolute Gasteiger partial charge is 0.224 e. The zero-order chi connectivity index (χ0) is 22.1. The molecule has 1 aromatic heterocycles. The van der Waals surface area contributed by atoms with Crippen molar-refractivity contribution in [3.8, 4) is 11.3 Å². The van der Waals surface area contributed by atoms with Crippen LogP contribution in [0.2, 0.25) is 0 Å². The van der Waals surface area contributed by atoms with E-state index in [1.54, 1.807) is 0 Å². The normalized spacial score (nSPS) is 10.6. The molecule has 32 heavy (non-hydrogen) atoms. The number of nitrogens with zero attached hydrogens (tertiary/aromatic N) is 1. The minimum absolute atomic E-state index is 0. The van der Waals surface area contributed by atoms with E-state index in [4.69, 9.17) is 0 Å². The third-order valence-electron chi connectivity index (χ3n) is 6.15. The molecule has 0 atom stereocenters. The van der Waals surface area contributed by atoms with Crippen molar-refractivity contribution in [3.63, 3.8) is 0 Å². The molecule has 4 aromatic rings. The fraction of sp³-hybridized carbons (Fsp3) is 0.207. The average Bonchev–Trinajstić information content (AvgIpc) is 2.72. The van der Waals surface area contributed by atoms with Gasteiger partial charge in [0.15, 0.2) is 0 Å². The third kappa shape index (κ3) is 4.80. The van der Waals surface area contributed by atoms with Crippen LogP contribution in [-0.2, 0) is 20.1 Å². The van der Waals surface area contributed by atoms with Crippen molar-refractivity contribution in [2.75, 3.05) is 0 Å². The van der Waals surface area contributed by atoms with Gasteiger partial charge < -0.3 is 4.98 Å². The van der Waals surface area contributed by atoms with Gasteiger partial charge in [0.1, 0.15) is 0 Å². The number of pyridine rings is 1. The summed E-state index contributed by atoms with van der Waals surface area (Å²) in [5, 5.41) is 0. The Labute approximate surface area is 206 Å². The van der Waals surface area contributed by atoms with Crippen molar-refractivity contribution in [2.24, 2.45) is 0 Å². The van der Waals surface area contributed by atoms with Gasteiger partial charge in [-0.2, -0.15) is 5.46 Å². The van der Waals surface area contributed by atoms with Gasteiger partial charge in [-0.05, 0) is 53.3 Å². The number of aromatic nitrogens is 1. The molecule has 1 heterocycles. The Bertz CT molecular complexity index is 1140. The van der Waals surface area contributed by atoms with Crippen molar-refractivity contribution >= 4 is 23.1 Å². The second-order valence-electron chi connectivity index (χ2n) is 8.81. The first-order valence-electron chi connectivity index (χ1n) is 10.9. The summed E-state index contributed by atoms with van der Waals surface area (Å²) in [7, 11) is 0. The fourth-order valence-corrected chi connectivity index (χ4v) is 5.10. The molecule has 1 nitrogen and oxygen atoms in total. The van der Waals surface area contributed by atoms with E-state index in [9.17, 15) is 0 Å². The minimum atomic E-state index is 0. The Morgan fingerprint density at radius 3 is 1.69 bits per heavy atom. The molecule has 0 N–H and O–H groups in total. The molecule has 0 saturated heterocycles. The molecule has 3 heteroatoms. The van der Waals surface area contributed by atoms with Crippen molar-refractivity contribution < 1.29 is 20.1 Å². The van der Waals surface area contributed by atoms with Crippen LogP contribution in [0.4, 0.5) is 0 Å². The molecule has 163 valence electrons. The number of rotatable bonds is 4. The van der Waals surface area contributed by atoms with E-state index in [-0.39, 0.29) is 26.8 Å². The predicted octanol–water partition coefficient (Wildman–Crippen LogP) is 4.91. The zero-order valence-electron chi connectivity index (χ0n) is 19.7. The van der Waals surface area contributed by atoms with Gasteiger partial charge in [-0.25, -0.2) is 0 Å². The van der Waals surface area contributed by atoms with Crippen LogP contribution in [0, 0.1) is 47.6 Å². The van der Waals surface area contributed by atoms with E-state index >= 15 is 0 Å². The summed E-state index contributed by atoms with van der Waals surface area (Å²) in [6.07, 6.45) is 1.84. The van der Waals surface area contributed by atoms with Crippen LogP contribution >= 0.6 is 0 Å². The Hall–Kier alpha value is -2.48. The summed E-state index contributed by atoms with van der Waals surface area (Å²) in [6.45, 7) is 13.5. The molecule has 0 fully saturated rings. The van der Waals surface area contributed by atoms with E-state index in [2.05, 4.69) is 95.1 Å². The molecular formula is C29H29BIrN-. The van der Waals surface area contributed by atoms with Gasteiger partial charge >= 0.3 is 0 Å². The van der Waals surface area contributed by atoms with Crippen LogP contribution in [0.25, 0.3) is 11.3 Å². The molecule has 0 aliphatic carbocycles. The summed E-state index contributed by atoms with van der Waals surface area (Å²) in [4.78, 5) is 4.56. The Morgan fingerprint density at radius 1 is 0.688 bits per heavy atom. The molecule has 0 aliphatic heterocycles. The van der Waals surface area contributed by atoms with E-state index in [1.165, 1.54) is 49.8 Å². The van der Waals surface area contributed by atoms with Gasteiger partial charge in [-0.1, -0.05) is 80.7 Å². The van der Waals surface area contributed by atoms with Crippen molar-refractivity contribution in [1.29, 1.82) is 0 Å². The second kappa shape index (κ2) is 9.98. The summed E-state index contributed by atoms with van der Waals surface area (Å²) in [6, 6.07) is 25.2. The molecule has 0 amide bonds. The maximum atomic E-state index is 4.56. The van der Waals surface area contributed by atoms with Gasteiger partial charge in [-0.15, -0.1) is 29.8 Å². The minimum Gasteiger partial charge on any atom is -0.305 e. The first kappa shape index (κ1) is 24.2. The Kier molecular flexibility index (Phi) is 7.54. The molecule has 3 aromatic carbocycles. The van der Waals surface area contributed by atoms with Crippen LogP contribution in [0.1, 0.15) is 33.4 Å². The molecule has 0 bridgehead atoms. The van der Waals surface area contributed by atoms with Crippen LogP contribution in [0.15, 0.2) is 66.9 Å². The third-order valence-corrected chi connectivity index (χ3v) is 6.15. The monoisotopic (exact) mass is 595 g/mol.